The summed E-state index contributed by atoms with van der Waals surface area (Å²) in [7, 11) is 3.04. The molecular formula is C18H18FNO4. The maximum atomic E-state index is 13.7. The molecule has 1 N–H and O–H groups in total. The summed E-state index contributed by atoms with van der Waals surface area (Å²) in [6.07, 6.45) is 0.280. The molecule has 24 heavy (non-hydrogen) atoms. The SMILES string of the molecule is COc1cc(OC)cc(C(=O)NCC2Cc3cccc(F)c3O2)c1. The number of halogens is 1. The predicted molar refractivity (Wildman–Crippen MR) is 86.4 cm³/mol. The highest BCUT2D eigenvalue weighted by atomic mass is 19.1. The average molecular weight is 331 g/mol. The van der Waals surface area contributed by atoms with Gasteiger partial charge in [0.2, 0.25) is 0 Å². The van der Waals surface area contributed by atoms with Gasteiger partial charge in [0.05, 0.1) is 20.8 Å². The van der Waals surface area contributed by atoms with E-state index in [1.54, 1.807) is 24.3 Å². The lowest BCUT2D eigenvalue weighted by Crippen LogP contribution is -2.34. The summed E-state index contributed by atoms with van der Waals surface area (Å²) in [4.78, 5) is 12.3. The van der Waals surface area contributed by atoms with Gasteiger partial charge in [-0.05, 0) is 18.2 Å². The normalized spacial score (nSPS) is 15.4. The number of para-hydroxylation sites is 1. The van der Waals surface area contributed by atoms with Crippen molar-refractivity contribution in [1.29, 1.82) is 0 Å². The fraction of sp³-hybridized carbons (Fsp3) is 0.278. The minimum absolute atomic E-state index is 0.271. The van der Waals surface area contributed by atoms with Crippen molar-refractivity contribution in [3.05, 3.63) is 53.3 Å². The van der Waals surface area contributed by atoms with Crippen molar-refractivity contribution in [1.82, 2.24) is 5.32 Å². The maximum Gasteiger partial charge on any atom is 0.251 e. The molecule has 0 spiro atoms. The van der Waals surface area contributed by atoms with E-state index in [0.717, 1.165) is 5.56 Å². The lowest BCUT2D eigenvalue weighted by atomic mass is 10.1. The van der Waals surface area contributed by atoms with Gasteiger partial charge in [0, 0.05) is 23.6 Å². The van der Waals surface area contributed by atoms with Crippen LogP contribution < -0.4 is 19.5 Å². The van der Waals surface area contributed by atoms with Crippen LogP contribution in [0.1, 0.15) is 15.9 Å². The average Bonchev–Trinajstić information content (AvgIpc) is 3.03. The number of ether oxygens (including phenoxy) is 3. The number of fused-ring (bicyclic) bond motifs is 1. The summed E-state index contributed by atoms with van der Waals surface area (Å²) in [5, 5.41) is 2.80. The molecule has 0 saturated carbocycles. The second-order valence-corrected chi connectivity index (χ2v) is 5.48. The number of methoxy groups -OCH3 is 2. The zero-order chi connectivity index (χ0) is 17.1. The van der Waals surface area contributed by atoms with Gasteiger partial charge < -0.3 is 19.5 Å². The fourth-order valence-corrected chi connectivity index (χ4v) is 2.66. The Labute approximate surface area is 139 Å². The van der Waals surface area contributed by atoms with Crippen molar-refractivity contribution in [3.63, 3.8) is 0 Å². The van der Waals surface area contributed by atoms with Crippen LogP contribution in [0.25, 0.3) is 0 Å². The predicted octanol–water partition coefficient (Wildman–Crippen LogP) is 2.58. The minimum atomic E-state index is -0.376. The number of nitrogens with one attached hydrogen (secondary N) is 1. The van der Waals surface area contributed by atoms with Gasteiger partial charge in [0.1, 0.15) is 17.6 Å². The van der Waals surface area contributed by atoms with E-state index >= 15 is 0 Å². The zero-order valence-corrected chi connectivity index (χ0v) is 13.5. The molecule has 0 saturated heterocycles. The van der Waals surface area contributed by atoms with Crippen molar-refractivity contribution < 1.29 is 23.4 Å². The Morgan fingerprint density at radius 1 is 1.25 bits per heavy atom. The molecule has 1 amide bonds. The van der Waals surface area contributed by atoms with Crippen LogP contribution in [0.15, 0.2) is 36.4 Å². The molecule has 1 unspecified atom stereocenters. The standard InChI is InChI=1S/C18H18FNO4/c1-22-13-7-12(8-14(9-13)23-2)18(21)20-10-15-6-11-4-3-5-16(19)17(11)24-15/h3-5,7-9,15H,6,10H2,1-2H3,(H,20,21). The van der Waals surface area contributed by atoms with Crippen molar-refractivity contribution in [2.45, 2.75) is 12.5 Å². The van der Waals surface area contributed by atoms with E-state index in [-0.39, 0.29) is 30.1 Å². The molecule has 3 rings (SSSR count). The molecule has 2 aromatic carbocycles. The van der Waals surface area contributed by atoms with Crippen LogP contribution in [-0.2, 0) is 6.42 Å². The third kappa shape index (κ3) is 3.27. The summed E-state index contributed by atoms with van der Waals surface area (Å²) >= 11 is 0. The van der Waals surface area contributed by atoms with E-state index in [0.29, 0.717) is 23.5 Å². The lowest BCUT2D eigenvalue weighted by Gasteiger charge is -2.13. The number of hydrogen-bond donors (Lipinski definition) is 1. The van der Waals surface area contributed by atoms with E-state index < -0.39 is 0 Å². The first kappa shape index (κ1) is 16.1. The van der Waals surface area contributed by atoms with Crippen LogP contribution in [0.4, 0.5) is 4.39 Å². The number of benzene rings is 2. The summed E-state index contributed by atoms with van der Waals surface area (Å²) in [5.41, 5.74) is 1.24. The Kier molecular flexibility index (Phi) is 4.55. The van der Waals surface area contributed by atoms with E-state index in [2.05, 4.69) is 5.32 Å². The maximum absolute atomic E-state index is 13.7. The Hall–Kier alpha value is -2.76. The molecule has 0 fully saturated rings. The highest BCUT2D eigenvalue weighted by Crippen LogP contribution is 2.31. The van der Waals surface area contributed by atoms with Crippen molar-refractivity contribution in [3.8, 4) is 17.2 Å². The van der Waals surface area contributed by atoms with E-state index in [1.807, 2.05) is 6.07 Å². The molecule has 0 aromatic heterocycles. The third-order valence-corrected chi connectivity index (χ3v) is 3.88. The molecule has 1 atom stereocenters. The first-order chi connectivity index (χ1) is 11.6. The van der Waals surface area contributed by atoms with Crippen LogP contribution in [0, 0.1) is 5.82 Å². The molecule has 0 radical (unpaired) electrons. The van der Waals surface area contributed by atoms with Gasteiger partial charge in [-0.3, -0.25) is 4.79 Å². The smallest absolute Gasteiger partial charge is 0.251 e. The summed E-state index contributed by atoms with van der Waals surface area (Å²) < 4.78 is 29.5. The molecule has 2 aromatic rings. The second kappa shape index (κ2) is 6.78. The molecule has 126 valence electrons. The number of rotatable bonds is 5. The summed E-state index contributed by atoms with van der Waals surface area (Å²) in [6.45, 7) is 0.284. The van der Waals surface area contributed by atoms with Gasteiger partial charge >= 0.3 is 0 Å². The molecule has 1 heterocycles. The number of hydrogen-bond acceptors (Lipinski definition) is 4. The second-order valence-electron chi connectivity index (χ2n) is 5.48. The Morgan fingerprint density at radius 3 is 2.58 bits per heavy atom. The Morgan fingerprint density at radius 2 is 1.96 bits per heavy atom. The van der Waals surface area contributed by atoms with Gasteiger partial charge in [0.15, 0.2) is 11.6 Å². The van der Waals surface area contributed by atoms with Gasteiger partial charge in [-0.1, -0.05) is 12.1 Å². The molecular weight excluding hydrogens is 313 g/mol. The zero-order valence-electron chi connectivity index (χ0n) is 13.5. The molecule has 0 bridgehead atoms. The van der Waals surface area contributed by atoms with Crippen molar-refractivity contribution in [2.24, 2.45) is 0 Å². The van der Waals surface area contributed by atoms with Crippen LogP contribution in [-0.4, -0.2) is 32.8 Å². The van der Waals surface area contributed by atoms with Gasteiger partial charge in [-0.2, -0.15) is 0 Å². The highest BCUT2D eigenvalue weighted by Gasteiger charge is 2.26. The molecule has 1 aliphatic heterocycles. The Bertz CT molecular complexity index is 740. The van der Waals surface area contributed by atoms with Crippen LogP contribution in [0.5, 0.6) is 17.2 Å². The highest BCUT2D eigenvalue weighted by molar-refractivity contribution is 5.95. The topological polar surface area (TPSA) is 56.8 Å². The third-order valence-electron chi connectivity index (χ3n) is 3.88. The van der Waals surface area contributed by atoms with E-state index in [9.17, 15) is 9.18 Å². The monoisotopic (exact) mass is 331 g/mol. The summed E-state index contributed by atoms with van der Waals surface area (Å²) in [6, 6.07) is 9.79. The first-order valence-corrected chi connectivity index (χ1v) is 7.56. The molecule has 0 aliphatic carbocycles. The van der Waals surface area contributed by atoms with Crippen LogP contribution in [0.3, 0.4) is 0 Å². The Balaban J connectivity index is 1.64. The van der Waals surface area contributed by atoms with E-state index in [4.69, 9.17) is 14.2 Å². The first-order valence-electron chi connectivity index (χ1n) is 7.56. The van der Waals surface area contributed by atoms with Gasteiger partial charge in [-0.15, -0.1) is 0 Å². The largest absolute Gasteiger partial charge is 0.497 e. The number of carbonyl (C=O) groups excluding carboxylic acids is 1. The quantitative estimate of drug-likeness (QED) is 0.915. The minimum Gasteiger partial charge on any atom is -0.497 e. The van der Waals surface area contributed by atoms with Gasteiger partial charge in [0.25, 0.3) is 5.91 Å². The number of carbonyl (C=O) groups is 1. The summed E-state index contributed by atoms with van der Waals surface area (Å²) in [5.74, 6) is 0.697. The van der Waals surface area contributed by atoms with Crippen LogP contribution in [0.2, 0.25) is 0 Å². The van der Waals surface area contributed by atoms with Crippen molar-refractivity contribution in [2.75, 3.05) is 20.8 Å². The fourth-order valence-electron chi connectivity index (χ4n) is 2.66. The lowest BCUT2D eigenvalue weighted by molar-refractivity contribution is 0.0932. The number of amides is 1. The molecule has 6 heteroatoms. The van der Waals surface area contributed by atoms with Crippen molar-refractivity contribution >= 4 is 5.91 Å². The molecule has 1 aliphatic rings. The van der Waals surface area contributed by atoms with E-state index in [1.165, 1.54) is 20.3 Å². The molecule has 5 nitrogen and oxygen atoms in total. The van der Waals surface area contributed by atoms with Gasteiger partial charge in [-0.25, -0.2) is 4.39 Å². The van der Waals surface area contributed by atoms with Crippen LogP contribution >= 0.6 is 0 Å².